The summed E-state index contributed by atoms with van der Waals surface area (Å²) in [6, 6.07) is 8.03. The highest BCUT2D eigenvalue weighted by Gasteiger charge is 2.22. The molecule has 7 nitrogen and oxygen atoms in total. The van der Waals surface area contributed by atoms with Crippen molar-refractivity contribution in [1.29, 1.82) is 0 Å². The summed E-state index contributed by atoms with van der Waals surface area (Å²) in [7, 11) is 1.69. The van der Waals surface area contributed by atoms with Crippen molar-refractivity contribution in [2.45, 2.75) is 13.0 Å². The van der Waals surface area contributed by atoms with E-state index in [0.29, 0.717) is 19.6 Å². The summed E-state index contributed by atoms with van der Waals surface area (Å²) in [5, 5.41) is 3.00. The maximum atomic E-state index is 12.3. The van der Waals surface area contributed by atoms with Gasteiger partial charge in [0.25, 0.3) is 0 Å². The smallest absolute Gasteiger partial charge is 0.317 e. The van der Waals surface area contributed by atoms with Crippen LogP contribution in [-0.4, -0.2) is 60.3 Å². The van der Waals surface area contributed by atoms with Crippen molar-refractivity contribution in [2.24, 2.45) is 0 Å². The number of piperazine rings is 1. The monoisotopic (exact) mass is 343 g/mol. The Morgan fingerprint density at radius 1 is 1.24 bits per heavy atom. The lowest BCUT2D eigenvalue weighted by Crippen LogP contribution is -2.52. The van der Waals surface area contributed by atoms with Crippen molar-refractivity contribution >= 4 is 11.7 Å². The first kappa shape index (κ1) is 17.1. The van der Waals surface area contributed by atoms with E-state index in [9.17, 15) is 4.79 Å². The molecule has 0 saturated carbocycles. The fraction of sp³-hybridized carbons (Fsp3) is 0.444. The molecule has 1 aliphatic heterocycles. The number of hydrogen-bond donors (Lipinski definition) is 1. The molecular weight excluding hydrogens is 318 g/mol. The molecule has 134 valence electrons. The molecule has 3 rings (SSSR count). The molecule has 1 aliphatic rings. The molecule has 0 radical (unpaired) electrons. The van der Waals surface area contributed by atoms with Crippen LogP contribution in [0.25, 0.3) is 0 Å². The van der Waals surface area contributed by atoms with Crippen LogP contribution in [0.4, 0.5) is 10.5 Å². The van der Waals surface area contributed by atoms with Gasteiger partial charge in [-0.15, -0.1) is 0 Å². The van der Waals surface area contributed by atoms with Gasteiger partial charge in [0.1, 0.15) is 5.75 Å². The van der Waals surface area contributed by atoms with E-state index in [1.54, 1.807) is 19.6 Å². The number of aromatic nitrogens is 2. The summed E-state index contributed by atoms with van der Waals surface area (Å²) < 4.78 is 7.44. The van der Waals surface area contributed by atoms with Crippen LogP contribution >= 0.6 is 0 Å². The molecule has 1 aromatic carbocycles. The van der Waals surface area contributed by atoms with Crippen LogP contribution in [0.15, 0.2) is 43.0 Å². The van der Waals surface area contributed by atoms with Gasteiger partial charge in [-0.2, -0.15) is 0 Å². The van der Waals surface area contributed by atoms with Gasteiger partial charge in [-0.1, -0.05) is 12.1 Å². The second-order valence-electron chi connectivity index (χ2n) is 6.03. The van der Waals surface area contributed by atoms with Crippen molar-refractivity contribution < 1.29 is 9.53 Å². The summed E-state index contributed by atoms with van der Waals surface area (Å²) in [4.78, 5) is 20.4. The van der Waals surface area contributed by atoms with E-state index < -0.39 is 0 Å². The number of imidazole rings is 1. The number of hydrogen-bond acceptors (Lipinski definition) is 4. The average molecular weight is 343 g/mol. The third kappa shape index (κ3) is 4.43. The molecule has 2 aromatic rings. The number of aryl methyl sites for hydroxylation is 1. The SMILES string of the molecule is COc1ccccc1N1CCN(C(=O)NCCCn2ccnc2)CC1. The quantitative estimate of drug-likeness (QED) is 0.813. The Balaban J connectivity index is 1.41. The fourth-order valence-corrected chi connectivity index (χ4v) is 3.03. The van der Waals surface area contributed by atoms with Gasteiger partial charge in [0.05, 0.1) is 19.1 Å². The summed E-state index contributed by atoms with van der Waals surface area (Å²) in [6.07, 6.45) is 6.38. The van der Waals surface area contributed by atoms with E-state index in [1.807, 2.05) is 33.9 Å². The van der Waals surface area contributed by atoms with Crippen LogP contribution in [0.2, 0.25) is 0 Å². The minimum atomic E-state index is 0.0188. The van der Waals surface area contributed by atoms with Crippen molar-refractivity contribution in [3.8, 4) is 5.75 Å². The molecule has 2 amide bonds. The van der Waals surface area contributed by atoms with Gasteiger partial charge in [0, 0.05) is 51.7 Å². The molecule has 0 unspecified atom stereocenters. The molecule has 1 aromatic heterocycles. The van der Waals surface area contributed by atoms with E-state index in [-0.39, 0.29) is 6.03 Å². The van der Waals surface area contributed by atoms with Crippen LogP contribution in [0, 0.1) is 0 Å². The normalized spacial score (nSPS) is 14.4. The Morgan fingerprint density at radius 2 is 2.04 bits per heavy atom. The Kier molecular flexibility index (Phi) is 5.77. The van der Waals surface area contributed by atoms with Crippen LogP contribution in [0.3, 0.4) is 0 Å². The van der Waals surface area contributed by atoms with Gasteiger partial charge in [-0.05, 0) is 18.6 Å². The number of nitrogens with one attached hydrogen (secondary N) is 1. The highest BCUT2D eigenvalue weighted by atomic mass is 16.5. The Bertz CT molecular complexity index is 666. The summed E-state index contributed by atoms with van der Waals surface area (Å²) >= 11 is 0. The molecule has 1 N–H and O–H groups in total. The fourth-order valence-electron chi connectivity index (χ4n) is 3.03. The standard InChI is InChI=1S/C18H25N5O2/c1-25-17-6-3-2-5-16(17)22-11-13-23(14-12-22)18(24)20-7-4-9-21-10-8-19-15-21/h2-3,5-6,8,10,15H,4,7,9,11-14H2,1H3,(H,20,24). The predicted molar refractivity (Wildman–Crippen MR) is 97.0 cm³/mol. The average Bonchev–Trinajstić information content (AvgIpc) is 3.18. The van der Waals surface area contributed by atoms with Gasteiger partial charge < -0.3 is 24.4 Å². The molecule has 0 atom stereocenters. The van der Waals surface area contributed by atoms with Gasteiger partial charge in [-0.25, -0.2) is 9.78 Å². The molecular formula is C18H25N5O2. The zero-order valence-corrected chi connectivity index (χ0v) is 14.6. The molecule has 0 spiro atoms. The summed E-state index contributed by atoms with van der Waals surface area (Å²) in [5.74, 6) is 0.875. The summed E-state index contributed by atoms with van der Waals surface area (Å²) in [5.41, 5.74) is 1.09. The largest absolute Gasteiger partial charge is 0.495 e. The minimum Gasteiger partial charge on any atom is -0.495 e. The van der Waals surface area contributed by atoms with Gasteiger partial charge >= 0.3 is 6.03 Å². The van der Waals surface area contributed by atoms with Crippen LogP contribution in [0.5, 0.6) is 5.75 Å². The number of rotatable bonds is 6. The number of ether oxygens (including phenoxy) is 1. The van der Waals surface area contributed by atoms with Crippen molar-refractivity contribution in [3.05, 3.63) is 43.0 Å². The molecule has 25 heavy (non-hydrogen) atoms. The van der Waals surface area contributed by atoms with E-state index >= 15 is 0 Å². The van der Waals surface area contributed by atoms with Crippen LogP contribution in [-0.2, 0) is 6.54 Å². The second kappa shape index (κ2) is 8.41. The lowest BCUT2D eigenvalue weighted by atomic mass is 10.2. The van der Waals surface area contributed by atoms with E-state index in [4.69, 9.17) is 4.74 Å². The number of anilines is 1. The molecule has 7 heteroatoms. The minimum absolute atomic E-state index is 0.0188. The van der Waals surface area contributed by atoms with E-state index in [0.717, 1.165) is 37.5 Å². The summed E-state index contributed by atoms with van der Waals surface area (Å²) in [6.45, 7) is 4.58. The maximum Gasteiger partial charge on any atom is 0.317 e. The number of nitrogens with zero attached hydrogens (tertiary/aromatic N) is 4. The topological polar surface area (TPSA) is 62.6 Å². The number of carbonyl (C=O) groups is 1. The van der Waals surface area contributed by atoms with E-state index in [1.165, 1.54) is 0 Å². The third-order valence-electron chi connectivity index (χ3n) is 4.42. The first-order chi connectivity index (χ1) is 12.3. The van der Waals surface area contributed by atoms with Gasteiger partial charge in [0.15, 0.2) is 0 Å². The second-order valence-corrected chi connectivity index (χ2v) is 6.03. The van der Waals surface area contributed by atoms with E-state index in [2.05, 4.69) is 21.3 Å². The number of carbonyl (C=O) groups excluding carboxylic acids is 1. The maximum absolute atomic E-state index is 12.3. The van der Waals surface area contributed by atoms with Crippen molar-refractivity contribution in [2.75, 3.05) is 44.7 Å². The molecule has 0 aliphatic carbocycles. The lowest BCUT2D eigenvalue weighted by Gasteiger charge is -2.36. The first-order valence-electron chi connectivity index (χ1n) is 8.64. The first-order valence-corrected chi connectivity index (χ1v) is 8.64. The van der Waals surface area contributed by atoms with Gasteiger partial charge in [0.2, 0.25) is 0 Å². The predicted octanol–water partition coefficient (Wildman–Crippen LogP) is 1.81. The highest BCUT2D eigenvalue weighted by Crippen LogP contribution is 2.28. The third-order valence-corrected chi connectivity index (χ3v) is 4.42. The highest BCUT2D eigenvalue weighted by molar-refractivity contribution is 5.74. The Hall–Kier alpha value is -2.70. The van der Waals surface area contributed by atoms with Gasteiger partial charge in [-0.3, -0.25) is 0 Å². The number of benzene rings is 1. The number of amides is 2. The molecule has 1 fully saturated rings. The number of urea groups is 1. The van der Waals surface area contributed by atoms with Crippen molar-refractivity contribution in [1.82, 2.24) is 19.8 Å². The van der Waals surface area contributed by atoms with Crippen LogP contribution < -0.4 is 15.0 Å². The molecule has 1 saturated heterocycles. The Labute approximate surface area is 148 Å². The zero-order chi connectivity index (χ0) is 17.5. The number of para-hydroxylation sites is 2. The van der Waals surface area contributed by atoms with Crippen LogP contribution in [0.1, 0.15) is 6.42 Å². The van der Waals surface area contributed by atoms with Crippen molar-refractivity contribution in [3.63, 3.8) is 0 Å². The molecule has 2 heterocycles. The number of methoxy groups -OCH3 is 1. The molecule has 0 bridgehead atoms. The Morgan fingerprint density at radius 3 is 2.76 bits per heavy atom. The lowest BCUT2D eigenvalue weighted by molar-refractivity contribution is 0.194. The zero-order valence-electron chi connectivity index (χ0n) is 14.6.